The Labute approximate surface area is 111 Å². The van der Waals surface area contributed by atoms with Gasteiger partial charge in [0.2, 0.25) is 0 Å². The molecule has 0 saturated heterocycles. The number of benzene rings is 1. The van der Waals surface area contributed by atoms with Gasteiger partial charge in [0, 0.05) is 5.33 Å². The summed E-state index contributed by atoms with van der Waals surface area (Å²) >= 11 is 3.30. The van der Waals surface area contributed by atoms with Gasteiger partial charge < -0.3 is 0 Å². The molecule has 96 valence electrons. The van der Waals surface area contributed by atoms with E-state index in [0.717, 1.165) is 5.56 Å². The Bertz CT molecular complexity index is 462. The molecule has 0 amide bonds. The van der Waals surface area contributed by atoms with Crippen molar-refractivity contribution < 1.29 is 13.3 Å². The fourth-order valence-electron chi connectivity index (χ4n) is 0.986. The van der Waals surface area contributed by atoms with Crippen LogP contribution >= 0.6 is 15.9 Å². The second kappa shape index (κ2) is 5.48. The lowest BCUT2D eigenvalue weighted by Crippen LogP contribution is -2.33. The van der Waals surface area contributed by atoms with Crippen molar-refractivity contribution in [3.63, 3.8) is 0 Å². The molecular weight excluding hydrogens is 306 g/mol. The third kappa shape index (κ3) is 4.75. The Kier molecular flexibility index (Phi) is 4.71. The topological polar surface area (TPSA) is 55.4 Å². The van der Waals surface area contributed by atoms with Gasteiger partial charge >= 0.3 is 0 Å². The zero-order valence-electron chi connectivity index (χ0n) is 10.0. The third-order valence-electron chi connectivity index (χ3n) is 1.85. The molecule has 4 nitrogen and oxygen atoms in total. The molecule has 0 aliphatic heterocycles. The van der Waals surface area contributed by atoms with E-state index in [1.165, 1.54) is 0 Å². The number of hydrogen-bond acceptors (Lipinski definition) is 3. The fraction of sp³-hybridized carbons (Fsp3) is 0.455. The Morgan fingerprint density at radius 2 is 1.76 bits per heavy atom. The van der Waals surface area contributed by atoms with Crippen LogP contribution in [0.15, 0.2) is 29.2 Å². The van der Waals surface area contributed by atoms with Gasteiger partial charge in [0.15, 0.2) is 0 Å². The normalized spacial score (nSPS) is 12.7. The minimum Gasteiger partial charge on any atom is -0.281 e. The summed E-state index contributed by atoms with van der Waals surface area (Å²) in [5, 5.41) is 0.694. The molecule has 0 unspecified atom stereocenters. The van der Waals surface area contributed by atoms with Gasteiger partial charge in [-0.15, -0.1) is 0 Å². The minimum atomic E-state index is -3.61. The first-order valence-corrected chi connectivity index (χ1v) is 7.70. The molecular formula is C11H16BrNO3S. The Morgan fingerprint density at radius 3 is 2.18 bits per heavy atom. The molecule has 0 atom stereocenters. The molecule has 17 heavy (non-hydrogen) atoms. The highest BCUT2D eigenvalue weighted by Crippen LogP contribution is 2.14. The quantitative estimate of drug-likeness (QED) is 0.685. The first kappa shape index (κ1) is 14.6. The van der Waals surface area contributed by atoms with Gasteiger partial charge in [-0.3, -0.25) is 4.84 Å². The van der Waals surface area contributed by atoms with Gasteiger partial charge in [-0.2, -0.15) is 0 Å². The van der Waals surface area contributed by atoms with Crippen molar-refractivity contribution in [2.24, 2.45) is 0 Å². The summed E-state index contributed by atoms with van der Waals surface area (Å²) in [7, 11) is -3.61. The number of halogens is 1. The molecule has 0 heterocycles. The lowest BCUT2D eigenvalue weighted by molar-refractivity contribution is -0.0357. The molecule has 1 aromatic carbocycles. The van der Waals surface area contributed by atoms with Crippen molar-refractivity contribution in [1.29, 1.82) is 0 Å². The average molecular weight is 322 g/mol. The van der Waals surface area contributed by atoms with Crippen LogP contribution in [0.25, 0.3) is 0 Å². The summed E-state index contributed by atoms with van der Waals surface area (Å²) in [5.41, 5.74) is 0.448. The molecule has 0 aromatic heterocycles. The van der Waals surface area contributed by atoms with Crippen molar-refractivity contribution in [2.75, 3.05) is 0 Å². The summed E-state index contributed by atoms with van der Waals surface area (Å²) in [5.74, 6) is 0. The molecule has 0 fully saturated rings. The molecule has 1 N–H and O–H groups in total. The highest BCUT2D eigenvalue weighted by molar-refractivity contribution is 9.08. The van der Waals surface area contributed by atoms with Crippen LogP contribution in [-0.4, -0.2) is 14.0 Å². The molecule has 0 radical (unpaired) electrons. The van der Waals surface area contributed by atoms with Gasteiger partial charge in [-0.05, 0) is 38.5 Å². The molecule has 6 heteroatoms. The number of rotatable bonds is 4. The van der Waals surface area contributed by atoms with Crippen LogP contribution in [0.5, 0.6) is 0 Å². The molecule has 0 saturated carbocycles. The SMILES string of the molecule is CC(C)(C)ONS(=O)(=O)c1ccc(CBr)cc1. The highest BCUT2D eigenvalue weighted by Gasteiger charge is 2.18. The molecule has 1 rings (SSSR count). The maximum Gasteiger partial charge on any atom is 0.262 e. The number of sulfonamides is 1. The number of nitrogens with one attached hydrogen (secondary N) is 1. The zero-order chi connectivity index (χ0) is 13.1. The predicted octanol–water partition coefficient (Wildman–Crippen LogP) is 2.59. The number of alkyl halides is 1. The Morgan fingerprint density at radius 1 is 1.24 bits per heavy atom. The van der Waals surface area contributed by atoms with Gasteiger partial charge in [-0.1, -0.05) is 32.9 Å². The maximum absolute atomic E-state index is 11.8. The summed E-state index contributed by atoms with van der Waals surface area (Å²) in [6, 6.07) is 6.59. The summed E-state index contributed by atoms with van der Waals surface area (Å²) in [4.78, 5) is 7.36. The summed E-state index contributed by atoms with van der Waals surface area (Å²) in [6.07, 6.45) is 0. The van der Waals surface area contributed by atoms with E-state index in [9.17, 15) is 8.42 Å². The van der Waals surface area contributed by atoms with E-state index in [0.29, 0.717) is 5.33 Å². The van der Waals surface area contributed by atoms with Crippen molar-refractivity contribution in [2.45, 2.75) is 36.6 Å². The predicted molar refractivity (Wildman–Crippen MR) is 70.2 cm³/mol. The van der Waals surface area contributed by atoms with E-state index in [2.05, 4.69) is 20.8 Å². The van der Waals surface area contributed by atoms with Crippen LogP contribution in [0.4, 0.5) is 0 Å². The van der Waals surface area contributed by atoms with E-state index < -0.39 is 15.6 Å². The molecule has 0 spiro atoms. The third-order valence-corrected chi connectivity index (χ3v) is 3.69. The average Bonchev–Trinajstić information content (AvgIpc) is 2.26. The van der Waals surface area contributed by atoms with Crippen LogP contribution in [0, 0.1) is 0 Å². The maximum atomic E-state index is 11.8. The smallest absolute Gasteiger partial charge is 0.262 e. The monoisotopic (exact) mass is 321 g/mol. The summed E-state index contributed by atoms with van der Waals surface area (Å²) < 4.78 is 23.7. The van der Waals surface area contributed by atoms with E-state index in [-0.39, 0.29) is 4.90 Å². The largest absolute Gasteiger partial charge is 0.281 e. The van der Waals surface area contributed by atoms with E-state index in [4.69, 9.17) is 4.84 Å². The van der Waals surface area contributed by atoms with Gasteiger partial charge in [0.05, 0.1) is 10.5 Å². The van der Waals surface area contributed by atoms with Crippen LogP contribution in [0.2, 0.25) is 0 Å². The van der Waals surface area contributed by atoms with Crippen molar-refractivity contribution in [3.8, 4) is 0 Å². The minimum absolute atomic E-state index is 0.187. The Hall–Kier alpha value is -0.430. The second-order valence-corrected chi connectivity index (χ2v) is 6.78. The van der Waals surface area contributed by atoms with Crippen molar-refractivity contribution in [3.05, 3.63) is 29.8 Å². The fourth-order valence-corrected chi connectivity index (χ4v) is 2.31. The Balaban J connectivity index is 2.82. The van der Waals surface area contributed by atoms with E-state index in [1.807, 2.05) is 0 Å². The standard InChI is InChI=1S/C11H16BrNO3S/c1-11(2,3)16-13-17(14,15)10-6-4-9(8-12)5-7-10/h4-7,13H,8H2,1-3H3. The molecule has 0 aliphatic rings. The van der Waals surface area contributed by atoms with Gasteiger partial charge in [-0.25, -0.2) is 8.42 Å². The van der Waals surface area contributed by atoms with Crippen LogP contribution in [-0.2, 0) is 20.2 Å². The van der Waals surface area contributed by atoms with Crippen LogP contribution in [0.3, 0.4) is 0 Å². The highest BCUT2D eigenvalue weighted by atomic mass is 79.9. The molecule has 0 aliphatic carbocycles. The van der Waals surface area contributed by atoms with Crippen molar-refractivity contribution in [1.82, 2.24) is 4.89 Å². The molecule has 1 aromatic rings. The number of hydrogen-bond donors (Lipinski definition) is 1. The summed E-state index contributed by atoms with van der Waals surface area (Å²) in [6.45, 7) is 5.30. The van der Waals surface area contributed by atoms with Crippen molar-refractivity contribution >= 4 is 26.0 Å². The van der Waals surface area contributed by atoms with Crippen LogP contribution < -0.4 is 4.89 Å². The first-order valence-electron chi connectivity index (χ1n) is 5.09. The van der Waals surface area contributed by atoms with Gasteiger partial charge in [0.1, 0.15) is 0 Å². The zero-order valence-corrected chi connectivity index (χ0v) is 12.4. The van der Waals surface area contributed by atoms with Gasteiger partial charge in [0.25, 0.3) is 10.0 Å². The van der Waals surface area contributed by atoms with E-state index >= 15 is 0 Å². The molecule has 0 bridgehead atoms. The second-order valence-electron chi connectivity index (χ2n) is 4.58. The van der Waals surface area contributed by atoms with E-state index in [1.54, 1.807) is 45.0 Å². The first-order chi connectivity index (χ1) is 7.74. The lowest BCUT2D eigenvalue weighted by Gasteiger charge is -2.19. The van der Waals surface area contributed by atoms with Crippen LogP contribution in [0.1, 0.15) is 26.3 Å². The lowest BCUT2D eigenvalue weighted by atomic mass is 10.2.